The van der Waals surface area contributed by atoms with Gasteiger partial charge in [-0.25, -0.2) is 14.1 Å². The van der Waals surface area contributed by atoms with Gasteiger partial charge in [0.1, 0.15) is 11.4 Å². The number of nitrogens with zero attached hydrogens (tertiary/aromatic N) is 2. The largest absolute Gasteiger partial charge is 0.335 e. The lowest BCUT2D eigenvalue weighted by atomic mass is 10.1. The second-order valence-corrected chi connectivity index (χ2v) is 6.57. The van der Waals surface area contributed by atoms with Crippen LogP contribution in [-0.2, 0) is 9.59 Å². The number of carbonyl (C=O) groups excluding carboxylic acids is 3. The molecule has 144 valence electrons. The van der Waals surface area contributed by atoms with E-state index in [1.807, 2.05) is 6.92 Å². The summed E-state index contributed by atoms with van der Waals surface area (Å²) in [5.74, 6) is -1.85. The molecule has 6 nitrogen and oxygen atoms in total. The average molecular weight is 389 g/mol. The van der Waals surface area contributed by atoms with E-state index in [4.69, 9.17) is 0 Å². The van der Waals surface area contributed by atoms with Gasteiger partial charge in [0.15, 0.2) is 0 Å². The maximum absolute atomic E-state index is 13.2. The fourth-order valence-electron chi connectivity index (χ4n) is 3.08. The number of benzene rings is 2. The van der Waals surface area contributed by atoms with E-state index in [2.05, 4.69) is 5.32 Å². The summed E-state index contributed by atoms with van der Waals surface area (Å²) >= 11 is 0. The molecule has 3 aromatic rings. The Morgan fingerprint density at radius 2 is 1.55 bits per heavy atom. The number of anilines is 1. The number of hydrogen-bond acceptors (Lipinski definition) is 3. The number of carbonyl (C=O) groups is 3. The van der Waals surface area contributed by atoms with Gasteiger partial charge in [-0.05, 0) is 61.5 Å². The number of halogens is 1. The zero-order chi connectivity index (χ0) is 20.5. The molecule has 0 spiro atoms. The molecule has 0 unspecified atom stereocenters. The fourth-order valence-corrected chi connectivity index (χ4v) is 3.08. The number of hydrogen-bond donors (Lipinski definition) is 1. The van der Waals surface area contributed by atoms with Crippen LogP contribution in [0.5, 0.6) is 0 Å². The van der Waals surface area contributed by atoms with E-state index < -0.39 is 17.8 Å². The van der Waals surface area contributed by atoms with Crippen LogP contribution in [-0.4, -0.2) is 22.4 Å². The first-order chi connectivity index (χ1) is 13.9. The molecular formula is C22H16FN3O3. The van der Waals surface area contributed by atoms with E-state index in [1.54, 1.807) is 59.3 Å². The SMILES string of the molecule is Cc1ccc(N2C(=O)NC(=O)/C(=C\c3cccn3-c3ccc(F)cc3)C2=O)cc1. The molecule has 2 aromatic carbocycles. The standard InChI is InChI=1S/C22H16FN3O3/c1-14-4-8-17(9-5-14)26-21(28)19(20(27)24-22(26)29)13-18-3-2-12-25(18)16-10-6-15(23)7-11-16/h2-13H,1H3,(H,24,27,29)/b19-13+. The van der Waals surface area contributed by atoms with E-state index >= 15 is 0 Å². The molecule has 0 radical (unpaired) electrons. The summed E-state index contributed by atoms with van der Waals surface area (Å²) in [6.45, 7) is 1.89. The van der Waals surface area contributed by atoms with Crippen LogP contribution >= 0.6 is 0 Å². The van der Waals surface area contributed by atoms with Gasteiger partial charge < -0.3 is 4.57 Å². The molecule has 0 atom stereocenters. The van der Waals surface area contributed by atoms with Gasteiger partial charge in [0, 0.05) is 17.6 Å². The van der Waals surface area contributed by atoms with Crippen LogP contribution in [0.4, 0.5) is 14.9 Å². The molecule has 1 aliphatic rings. The molecule has 29 heavy (non-hydrogen) atoms. The lowest BCUT2D eigenvalue weighted by molar-refractivity contribution is -0.122. The highest BCUT2D eigenvalue weighted by molar-refractivity contribution is 6.39. The molecular weight excluding hydrogens is 373 g/mol. The molecule has 0 aliphatic carbocycles. The maximum Gasteiger partial charge on any atom is 0.335 e. The van der Waals surface area contributed by atoms with E-state index in [9.17, 15) is 18.8 Å². The van der Waals surface area contributed by atoms with Gasteiger partial charge in [-0.15, -0.1) is 0 Å². The highest BCUT2D eigenvalue weighted by Crippen LogP contribution is 2.23. The van der Waals surface area contributed by atoms with E-state index in [0.717, 1.165) is 10.5 Å². The van der Waals surface area contributed by atoms with Crippen molar-refractivity contribution in [2.45, 2.75) is 6.92 Å². The average Bonchev–Trinajstić information content (AvgIpc) is 3.15. The van der Waals surface area contributed by atoms with E-state index in [1.165, 1.54) is 18.2 Å². The lowest BCUT2D eigenvalue weighted by Gasteiger charge is -2.26. The van der Waals surface area contributed by atoms with Crippen molar-refractivity contribution in [3.63, 3.8) is 0 Å². The van der Waals surface area contributed by atoms with Gasteiger partial charge in [-0.2, -0.15) is 0 Å². The zero-order valence-electron chi connectivity index (χ0n) is 15.4. The third kappa shape index (κ3) is 3.45. The summed E-state index contributed by atoms with van der Waals surface area (Å²) in [5, 5.41) is 2.20. The smallest absolute Gasteiger partial charge is 0.317 e. The van der Waals surface area contributed by atoms with Gasteiger partial charge in [-0.1, -0.05) is 17.7 Å². The normalized spacial score (nSPS) is 15.7. The van der Waals surface area contributed by atoms with Crippen molar-refractivity contribution in [3.05, 3.63) is 89.5 Å². The summed E-state index contributed by atoms with van der Waals surface area (Å²) in [5.41, 5.74) is 2.37. The number of rotatable bonds is 3. The Labute approximate surface area is 165 Å². The number of amides is 4. The summed E-state index contributed by atoms with van der Waals surface area (Å²) < 4.78 is 14.9. The van der Waals surface area contributed by atoms with Crippen LogP contribution in [0, 0.1) is 12.7 Å². The third-order valence-corrected chi connectivity index (χ3v) is 4.57. The van der Waals surface area contributed by atoms with Crippen LogP contribution in [0.2, 0.25) is 0 Å². The van der Waals surface area contributed by atoms with E-state index in [-0.39, 0.29) is 11.4 Å². The molecule has 1 aromatic heterocycles. The van der Waals surface area contributed by atoms with Crippen molar-refractivity contribution in [2.24, 2.45) is 0 Å². The number of nitrogens with one attached hydrogen (secondary N) is 1. The molecule has 2 heterocycles. The third-order valence-electron chi connectivity index (χ3n) is 4.57. The van der Waals surface area contributed by atoms with Gasteiger partial charge in [-0.3, -0.25) is 14.9 Å². The minimum Gasteiger partial charge on any atom is -0.317 e. The summed E-state index contributed by atoms with van der Waals surface area (Å²) in [7, 11) is 0. The molecule has 4 amide bonds. The fraction of sp³-hybridized carbons (Fsp3) is 0.0455. The molecule has 1 fully saturated rings. The highest BCUT2D eigenvalue weighted by atomic mass is 19.1. The number of imide groups is 2. The monoisotopic (exact) mass is 389 g/mol. The number of urea groups is 1. The minimum atomic E-state index is -0.796. The van der Waals surface area contributed by atoms with Crippen molar-refractivity contribution in [1.29, 1.82) is 0 Å². The Balaban J connectivity index is 1.73. The predicted molar refractivity (Wildman–Crippen MR) is 106 cm³/mol. The topological polar surface area (TPSA) is 71.4 Å². The Morgan fingerprint density at radius 3 is 2.24 bits per heavy atom. The Bertz CT molecular complexity index is 1140. The summed E-state index contributed by atoms with van der Waals surface area (Å²) in [6.07, 6.45) is 3.14. The van der Waals surface area contributed by atoms with Gasteiger partial charge >= 0.3 is 6.03 Å². The molecule has 0 saturated carbocycles. The molecule has 4 rings (SSSR count). The predicted octanol–water partition coefficient (Wildman–Crippen LogP) is 3.59. The summed E-state index contributed by atoms with van der Waals surface area (Å²) in [4.78, 5) is 38.5. The molecule has 1 aliphatic heterocycles. The maximum atomic E-state index is 13.2. The first-order valence-corrected chi connectivity index (χ1v) is 8.85. The zero-order valence-corrected chi connectivity index (χ0v) is 15.4. The second kappa shape index (κ2) is 7.20. The Hall–Kier alpha value is -4.00. The molecule has 1 saturated heterocycles. The molecule has 0 bridgehead atoms. The van der Waals surface area contributed by atoms with Crippen molar-refractivity contribution < 1.29 is 18.8 Å². The van der Waals surface area contributed by atoms with Gasteiger partial charge in [0.05, 0.1) is 5.69 Å². The quantitative estimate of drug-likeness (QED) is 0.550. The van der Waals surface area contributed by atoms with Gasteiger partial charge in [0.25, 0.3) is 11.8 Å². The van der Waals surface area contributed by atoms with Gasteiger partial charge in [0.2, 0.25) is 0 Å². The second-order valence-electron chi connectivity index (χ2n) is 6.57. The number of aromatic nitrogens is 1. The first kappa shape index (κ1) is 18.4. The summed E-state index contributed by atoms with van der Waals surface area (Å²) in [6, 6.07) is 15.3. The lowest BCUT2D eigenvalue weighted by Crippen LogP contribution is -2.54. The van der Waals surface area contributed by atoms with Crippen LogP contribution < -0.4 is 10.2 Å². The van der Waals surface area contributed by atoms with E-state index in [0.29, 0.717) is 17.1 Å². The first-order valence-electron chi connectivity index (χ1n) is 8.85. The highest BCUT2D eigenvalue weighted by Gasteiger charge is 2.36. The van der Waals surface area contributed by atoms with Crippen LogP contribution in [0.25, 0.3) is 11.8 Å². The molecule has 7 heteroatoms. The molecule has 1 N–H and O–H groups in total. The van der Waals surface area contributed by atoms with Crippen molar-refractivity contribution in [3.8, 4) is 5.69 Å². The van der Waals surface area contributed by atoms with Crippen molar-refractivity contribution >= 4 is 29.6 Å². The number of aryl methyl sites for hydroxylation is 1. The number of barbiturate groups is 1. The Morgan fingerprint density at radius 1 is 0.897 bits per heavy atom. The van der Waals surface area contributed by atoms with Crippen LogP contribution in [0.3, 0.4) is 0 Å². The van der Waals surface area contributed by atoms with Crippen molar-refractivity contribution in [1.82, 2.24) is 9.88 Å². The minimum absolute atomic E-state index is 0.174. The van der Waals surface area contributed by atoms with Crippen molar-refractivity contribution in [2.75, 3.05) is 4.90 Å². The Kier molecular flexibility index (Phi) is 4.56. The van der Waals surface area contributed by atoms with Crippen LogP contribution in [0.15, 0.2) is 72.4 Å². The van der Waals surface area contributed by atoms with Crippen LogP contribution in [0.1, 0.15) is 11.3 Å².